The summed E-state index contributed by atoms with van der Waals surface area (Å²) in [6.07, 6.45) is 1.66. The Morgan fingerprint density at radius 2 is 2.04 bits per heavy atom. The fourth-order valence-corrected chi connectivity index (χ4v) is 2.84. The molecule has 130 valence electrons. The van der Waals surface area contributed by atoms with Gasteiger partial charge in [-0.3, -0.25) is 4.79 Å². The number of hydrogen-bond donors (Lipinski definition) is 2. The predicted octanol–water partition coefficient (Wildman–Crippen LogP) is 2.06. The Morgan fingerprint density at radius 1 is 1.35 bits per heavy atom. The molecule has 1 amide bonds. The fourth-order valence-electron chi connectivity index (χ4n) is 2.84. The minimum Gasteiger partial charge on any atom is -0.384 e. The van der Waals surface area contributed by atoms with E-state index in [0.29, 0.717) is 13.2 Å². The molecule has 1 aliphatic heterocycles. The Balaban J connectivity index is 0.00000264. The lowest BCUT2D eigenvalue weighted by molar-refractivity contribution is -0.121. The molecule has 1 aromatic rings. The van der Waals surface area contributed by atoms with Gasteiger partial charge in [-0.2, -0.15) is 0 Å². The largest absolute Gasteiger partial charge is 0.384 e. The quantitative estimate of drug-likeness (QED) is 0.827. The molecular weight excluding hydrogens is 326 g/mol. The van der Waals surface area contributed by atoms with Crippen molar-refractivity contribution in [1.29, 1.82) is 0 Å². The first-order valence-electron chi connectivity index (χ1n) is 7.45. The molecule has 23 heavy (non-hydrogen) atoms. The first kappa shape index (κ1) is 19.8. The number of amides is 1. The van der Waals surface area contributed by atoms with Crippen LogP contribution in [0.1, 0.15) is 18.4 Å². The number of carbonyl (C=O) groups is 1. The highest BCUT2D eigenvalue weighted by atomic mass is 35.5. The van der Waals surface area contributed by atoms with E-state index >= 15 is 0 Å². The summed E-state index contributed by atoms with van der Waals surface area (Å²) in [7, 11) is 1.65. The zero-order valence-electron chi connectivity index (χ0n) is 13.2. The van der Waals surface area contributed by atoms with Crippen LogP contribution in [0.4, 0.5) is 8.78 Å². The summed E-state index contributed by atoms with van der Waals surface area (Å²) < 4.78 is 31.9. The highest BCUT2D eigenvalue weighted by Crippen LogP contribution is 2.28. The van der Waals surface area contributed by atoms with Crippen LogP contribution >= 0.6 is 12.4 Å². The standard InChI is InChI=1S/C16H22F2N2O2.ClH/c1-22-11-16(4-6-19-7-5-16)10-20-15(21)9-12-8-13(17)2-3-14(12)18;/h2-3,8,19H,4-7,9-11H2,1H3,(H,20,21);1H. The molecule has 0 radical (unpaired) electrons. The number of methoxy groups -OCH3 is 1. The second-order valence-electron chi connectivity index (χ2n) is 5.87. The van der Waals surface area contributed by atoms with E-state index in [1.165, 1.54) is 0 Å². The maximum absolute atomic E-state index is 13.5. The molecule has 0 bridgehead atoms. The SMILES string of the molecule is COCC1(CNC(=O)Cc2cc(F)ccc2F)CCNCC1.Cl. The molecule has 0 atom stereocenters. The molecule has 0 aromatic heterocycles. The molecule has 1 aliphatic rings. The lowest BCUT2D eigenvalue weighted by atomic mass is 9.79. The number of benzene rings is 1. The lowest BCUT2D eigenvalue weighted by Crippen LogP contribution is -2.47. The van der Waals surface area contributed by atoms with Crippen molar-refractivity contribution in [2.24, 2.45) is 5.41 Å². The van der Waals surface area contributed by atoms with Gasteiger partial charge in [0.05, 0.1) is 13.0 Å². The lowest BCUT2D eigenvalue weighted by Gasteiger charge is -2.37. The van der Waals surface area contributed by atoms with Crippen LogP contribution < -0.4 is 10.6 Å². The van der Waals surface area contributed by atoms with Gasteiger partial charge in [0, 0.05) is 24.6 Å². The summed E-state index contributed by atoms with van der Waals surface area (Å²) in [5, 5.41) is 6.12. The minimum absolute atomic E-state index is 0. The topological polar surface area (TPSA) is 50.4 Å². The Kier molecular flexibility index (Phi) is 7.88. The zero-order chi connectivity index (χ0) is 16.0. The number of carbonyl (C=O) groups excluding carboxylic acids is 1. The van der Waals surface area contributed by atoms with Gasteiger partial charge in [-0.15, -0.1) is 12.4 Å². The molecule has 4 nitrogen and oxygen atoms in total. The number of ether oxygens (including phenoxy) is 1. The molecule has 2 N–H and O–H groups in total. The average Bonchev–Trinajstić information content (AvgIpc) is 2.50. The third-order valence-corrected chi connectivity index (χ3v) is 4.13. The monoisotopic (exact) mass is 348 g/mol. The van der Waals surface area contributed by atoms with E-state index in [0.717, 1.165) is 44.1 Å². The van der Waals surface area contributed by atoms with Gasteiger partial charge < -0.3 is 15.4 Å². The molecular formula is C16H23ClF2N2O2. The fraction of sp³-hybridized carbons (Fsp3) is 0.562. The van der Waals surface area contributed by atoms with Crippen LogP contribution in [0.3, 0.4) is 0 Å². The summed E-state index contributed by atoms with van der Waals surface area (Å²) in [5.74, 6) is -1.41. The molecule has 1 aromatic carbocycles. The van der Waals surface area contributed by atoms with Crippen molar-refractivity contribution in [1.82, 2.24) is 10.6 Å². The van der Waals surface area contributed by atoms with Gasteiger partial charge >= 0.3 is 0 Å². The summed E-state index contributed by atoms with van der Waals surface area (Å²) in [5.41, 5.74) is -0.0144. The number of piperidine rings is 1. The molecule has 1 saturated heterocycles. The van der Waals surface area contributed by atoms with E-state index in [-0.39, 0.29) is 35.7 Å². The van der Waals surface area contributed by atoms with Gasteiger partial charge in [0.15, 0.2) is 0 Å². The van der Waals surface area contributed by atoms with E-state index in [1.54, 1.807) is 7.11 Å². The molecule has 0 saturated carbocycles. The van der Waals surface area contributed by atoms with Crippen molar-refractivity contribution in [2.75, 3.05) is 33.4 Å². The van der Waals surface area contributed by atoms with Crippen molar-refractivity contribution in [3.8, 4) is 0 Å². The maximum Gasteiger partial charge on any atom is 0.224 e. The van der Waals surface area contributed by atoms with E-state index in [9.17, 15) is 13.6 Å². The van der Waals surface area contributed by atoms with Crippen molar-refractivity contribution < 1.29 is 18.3 Å². The zero-order valence-corrected chi connectivity index (χ0v) is 14.0. The Hall–Kier alpha value is -1.24. The molecule has 1 heterocycles. The van der Waals surface area contributed by atoms with Crippen LogP contribution in [-0.4, -0.2) is 39.3 Å². The Morgan fingerprint density at radius 3 is 2.70 bits per heavy atom. The highest BCUT2D eigenvalue weighted by Gasteiger charge is 2.32. The van der Waals surface area contributed by atoms with Crippen LogP contribution in [0, 0.1) is 17.0 Å². The average molecular weight is 349 g/mol. The molecule has 2 rings (SSSR count). The van der Waals surface area contributed by atoms with Crippen molar-refractivity contribution in [3.63, 3.8) is 0 Å². The molecule has 0 aliphatic carbocycles. The van der Waals surface area contributed by atoms with Gasteiger partial charge in [0.25, 0.3) is 0 Å². The van der Waals surface area contributed by atoms with Crippen LogP contribution in [0.25, 0.3) is 0 Å². The van der Waals surface area contributed by atoms with Crippen molar-refractivity contribution >= 4 is 18.3 Å². The normalized spacial score (nSPS) is 16.5. The number of nitrogens with one attached hydrogen (secondary N) is 2. The van der Waals surface area contributed by atoms with Gasteiger partial charge in [-0.1, -0.05) is 0 Å². The molecule has 0 unspecified atom stereocenters. The number of rotatable bonds is 6. The smallest absolute Gasteiger partial charge is 0.224 e. The van der Waals surface area contributed by atoms with E-state index in [1.807, 2.05) is 0 Å². The van der Waals surface area contributed by atoms with Gasteiger partial charge in [-0.05, 0) is 44.1 Å². The van der Waals surface area contributed by atoms with Crippen molar-refractivity contribution in [3.05, 3.63) is 35.4 Å². The molecule has 7 heteroatoms. The number of halogens is 3. The van der Waals surface area contributed by atoms with E-state index in [4.69, 9.17) is 4.74 Å². The highest BCUT2D eigenvalue weighted by molar-refractivity contribution is 5.85. The summed E-state index contributed by atoms with van der Waals surface area (Å²) in [6, 6.07) is 3.14. The van der Waals surface area contributed by atoms with E-state index < -0.39 is 11.6 Å². The second-order valence-corrected chi connectivity index (χ2v) is 5.87. The van der Waals surface area contributed by atoms with Crippen LogP contribution in [-0.2, 0) is 16.0 Å². The van der Waals surface area contributed by atoms with Crippen molar-refractivity contribution in [2.45, 2.75) is 19.3 Å². The van der Waals surface area contributed by atoms with E-state index in [2.05, 4.69) is 10.6 Å². The summed E-state index contributed by atoms with van der Waals surface area (Å²) >= 11 is 0. The minimum atomic E-state index is -0.565. The predicted molar refractivity (Wildman–Crippen MR) is 86.7 cm³/mol. The molecule has 0 spiro atoms. The van der Waals surface area contributed by atoms with Crippen LogP contribution in [0.15, 0.2) is 18.2 Å². The Bertz CT molecular complexity index is 517. The summed E-state index contributed by atoms with van der Waals surface area (Å²) in [6.45, 7) is 2.83. The maximum atomic E-state index is 13.5. The van der Waals surface area contributed by atoms with Crippen LogP contribution in [0.5, 0.6) is 0 Å². The third kappa shape index (κ3) is 5.71. The first-order valence-corrected chi connectivity index (χ1v) is 7.45. The van der Waals surface area contributed by atoms with Gasteiger partial charge in [0.2, 0.25) is 5.91 Å². The second kappa shape index (κ2) is 9.15. The van der Waals surface area contributed by atoms with Gasteiger partial charge in [0.1, 0.15) is 11.6 Å². The summed E-state index contributed by atoms with van der Waals surface area (Å²) in [4.78, 5) is 12.0. The first-order chi connectivity index (χ1) is 10.5. The third-order valence-electron chi connectivity index (χ3n) is 4.13. The number of hydrogen-bond acceptors (Lipinski definition) is 3. The molecule has 1 fully saturated rings. The Labute approximate surface area is 141 Å². The van der Waals surface area contributed by atoms with Gasteiger partial charge in [-0.25, -0.2) is 8.78 Å². The van der Waals surface area contributed by atoms with Crippen LogP contribution in [0.2, 0.25) is 0 Å².